The van der Waals surface area contributed by atoms with Crippen molar-refractivity contribution < 1.29 is 19.0 Å². The zero-order chi connectivity index (χ0) is 29.4. The number of nitrogens with zero attached hydrogens (tertiary/aromatic N) is 2. The first-order chi connectivity index (χ1) is 20.4. The van der Waals surface area contributed by atoms with Crippen LogP contribution in [0.15, 0.2) is 88.2 Å². The molecule has 0 fully saturated rings. The van der Waals surface area contributed by atoms with Crippen molar-refractivity contribution >= 4 is 40.0 Å². The van der Waals surface area contributed by atoms with Gasteiger partial charge in [-0.2, -0.15) is 0 Å². The first kappa shape index (κ1) is 27.3. The number of carbonyl (C=O) groups excluding carboxylic acids is 1. The maximum Gasteiger partial charge on any atom is 0.338 e. The standard InChI is InChI=1S/C33H29N3O5S/c1-5-41-32(38)28-29(20-11-7-6-8-12-20)35-33-36(30(28)24-17-21(39-3)15-16-26(24)40-4)31(37)27(42-33)18-23-19(2)34-25-14-10-9-13-22(23)25/h6-18,30,34H,5H2,1-4H3/b27-18-/t30-/m1/s1. The van der Waals surface area contributed by atoms with Crippen LogP contribution in [-0.2, 0) is 9.53 Å². The number of rotatable bonds is 7. The summed E-state index contributed by atoms with van der Waals surface area (Å²) in [4.78, 5) is 36.9. The molecular formula is C33H29N3O5S. The number of aromatic amines is 1. The van der Waals surface area contributed by atoms with Gasteiger partial charge in [0.05, 0.1) is 36.6 Å². The molecule has 212 valence electrons. The third-order valence-electron chi connectivity index (χ3n) is 7.32. The minimum Gasteiger partial charge on any atom is -0.497 e. The highest BCUT2D eigenvalue weighted by molar-refractivity contribution is 7.07. The number of hydrogen-bond acceptors (Lipinski definition) is 7. The Kier molecular flexibility index (Phi) is 7.26. The molecule has 1 atom stereocenters. The molecule has 3 aromatic carbocycles. The van der Waals surface area contributed by atoms with Crippen molar-refractivity contribution in [2.24, 2.45) is 4.99 Å². The van der Waals surface area contributed by atoms with Gasteiger partial charge < -0.3 is 19.2 Å². The van der Waals surface area contributed by atoms with Gasteiger partial charge >= 0.3 is 5.97 Å². The Morgan fingerprint density at radius 3 is 2.55 bits per heavy atom. The van der Waals surface area contributed by atoms with Gasteiger partial charge in [-0.05, 0) is 44.2 Å². The van der Waals surface area contributed by atoms with Crippen LogP contribution in [0.1, 0.15) is 35.3 Å². The predicted molar refractivity (Wildman–Crippen MR) is 164 cm³/mol. The van der Waals surface area contributed by atoms with E-state index < -0.39 is 12.0 Å². The molecule has 9 heteroatoms. The average Bonchev–Trinajstić information content (AvgIpc) is 3.51. The van der Waals surface area contributed by atoms with Crippen molar-refractivity contribution in [3.63, 3.8) is 0 Å². The van der Waals surface area contributed by atoms with E-state index in [9.17, 15) is 9.59 Å². The average molecular weight is 580 g/mol. The number of thiazole rings is 1. The summed E-state index contributed by atoms with van der Waals surface area (Å²) in [6.45, 7) is 3.90. The van der Waals surface area contributed by atoms with Crippen molar-refractivity contribution in [2.45, 2.75) is 19.9 Å². The van der Waals surface area contributed by atoms with Crippen LogP contribution >= 0.6 is 11.3 Å². The molecule has 0 spiro atoms. The number of aryl methyl sites for hydroxylation is 1. The molecule has 3 heterocycles. The van der Waals surface area contributed by atoms with E-state index in [0.29, 0.717) is 32.1 Å². The van der Waals surface area contributed by atoms with Crippen LogP contribution in [0.25, 0.3) is 22.7 Å². The highest BCUT2D eigenvalue weighted by Gasteiger charge is 2.37. The van der Waals surface area contributed by atoms with Crippen LogP contribution in [0.5, 0.6) is 11.5 Å². The molecule has 0 bridgehead atoms. The van der Waals surface area contributed by atoms with Gasteiger partial charge in [0.2, 0.25) is 0 Å². The third kappa shape index (κ3) is 4.61. The minimum absolute atomic E-state index is 0.163. The van der Waals surface area contributed by atoms with Crippen LogP contribution in [0, 0.1) is 6.92 Å². The zero-order valence-electron chi connectivity index (χ0n) is 23.6. The van der Waals surface area contributed by atoms with Gasteiger partial charge in [0, 0.05) is 33.3 Å². The van der Waals surface area contributed by atoms with E-state index in [4.69, 9.17) is 19.2 Å². The molecule has 0 radical (unpaired) electrons. The maximum atomic E-state index is 14.3. The maximum absolute atomic E-state index is 14.3. The molecule has 0 saturated heterocycles. The van der Waals surface area contributed by atoms with Crippen LogP contribution in [0.3, 0.4) is 0 Å². The molecule has 6 rings (SSSR count). The van der Waals surface area contributed by atoms with E-state index >= 15 is 0 Å². The van der Waals surface area contributed by atoms with Gasteiger partial charge in [-0.15, -0.1) is 0 Å². The van der Waals surface area contributed by atoms with Crippen LogP contribution in [0.4, 0.5) is 0 Å². The van der Waals surface area contributed by atoms with Gasteiger partial charge in [-0.1, -0.05) is 59.9 Å². The van der Waals surface area contributed by atoms with Gasteiger partial charge in [-0.25, -0.2) is 9.79 Å². The summed E-state index contributed by atoms with van der Waals surface area (Å²) in [5, 5.41) is 1.02. The lowest BCUT2D eigenvalue weighted by molar-refractivity contribution is -0.138. The lowest BCUT2D eigenvalue weighted by Gasteiger charge is -2.27. The quantitative estimate of drug-likeness (QED) is 0.281. The highest BCUT2D eigenvalue weighted by Crippen LogP contribution is 2.40. The number of nitrogens with one attached hydrogen (secondary N) is 1. The number of ether oxygens (including phenoxy) is 3. The first-order valence-electron chi connectivity index (χ1n) is 13.5. The van der Waals surface area contributed by atoms with Crippen molar-refractivity contribution in [1.29, 1.82) is 0 Å². The molecule has 0 unspecified atom stereocenters. The van der Waals surface area contributed by atoms with Crippen LogP contribution in [-0.4, -0.2) is 36.3 Å². The summed E-state index contributed by atoms with van der Waals surface area (Å²) in [7, 11) is 3.12. The largest absolute Gasteiger partial charge is 0.497 e. The number of aromatic nitrogens is 2. The molecular weight excluding hydrogens is 550 g/mol. The Bertz CT molecular complexity index is 2040. The van der Waals surface area contributed by atoms with Crippen molar-refractivity contribution in [3.05, 3.63) is 120 Å². The van der Waals surface area contributed by atoms with Crippen LogP contribution in [0.2, 0.25) is 0 Å². The Labute approximate surface area is 245 Å². The summed E-state index contributed by atoms with van der Waals surface area (Å²) in [6, 6.07) is 21.9. The number of para-hydroxylation sites is 1. The fourth-order valence-corrected chi connectivity index (χ4v) is 6.39. The van der Waals surface area contributed by atoms with E-state index in [1.807, 2.05) is 67.6 Å². The molecule has 1 N–H and O–H groups in total. The van der Waals surface area contributed by atoms with Gasteiger partial charge in [0.15, 0.2) is 4.80 Å². The number of H-pyrrole nitrogens is 1. The lowest BCUT2D eigenvalue weighted by Crippen LogP contribution is -2.40. The Morgan fingerprint density at radius 1 is 1.05 bits per heavy atom. The number of hydrogen-bond donors (Lipinski definition) is 1. The molecule has 1 aliphatic heterocycles. The zero-order valence-corrected chi connectivity index (χ0v) is 24.5. The Balaban J connectivity index is 1.71. The second kappa shape index (κ2) is 11.2. The van der Waals surface area contributed by atoms with Gasteiger partial charge in [0.25, 0.3) is 5.56 Å². The van der Waals surface area contributed by atoms with Gasteiger partial charge in [0.1, 0.15) is 17.5 Å². The van der Waals surface area contributed by atoms with E-state index in [-0.39, 0.29) is 17.7 Å². The normalized spacial score (nSPS) is 15.0. The highest BCUT2D eigenvalue weighted by atomic mass is 32.1. The summed E-state index contributed by atoms with van der Waals surface area (Å²) >= 11 is 1.28. The number of fused-ring (bicyclic) bond motifs is 2. The molecule has 8 nitrogen and oxygen atoms in total. The summed E-state index contributed by atoms with van der Waals surface area (Å²) in [5.41, 5.74) is 4.61. The fourth-order valence-electron chi connectivity index (χ4n) is 5.40. The van der Waals surface area contributed by atoms with Crippen molar-refractivity contribution in [1.82, 2.24) is 9.55 Å². The molecule has 0 amide bonds. The van der Waals surface area contributed by atoms with E-state index in [0.717, 1.165) is 27.7 Å². The fraction of sp³-hybridized carbons (Fsp3) is 0.182. The molecule has 1 aliphatic rings. The summed E-state index contributed by atoms with van der Waals surface area (Å²) in [6.07, 6.45) is 1.90. The van der Waals surface area contributed by atoms with Crippen molar-refractivity contribution in [2.75, 3.05) is 20.8 Å². The SMILES string of the molecule is CCOC(=O)C1=C(c2ccccc2)N=c2s/c(=C\c3c(C)[nH]c4ccccc34)c(=O)n2[C@@H]1c1cc(OC)ccc1OC. The molecule has 42 heavy (non-hydrogen) atoms. The second-order valence-electron chi connectivity index (χ2n) is 9.75. The van der Waals surface area contributed by atoms with Crippen molar-refractivity contribution in [3.8, 4) is 11.5 Å². The second-order valence-corrected chi connectivity index (χ2v) is 10.8. The number of esters is 1. The molecule has 2 aromatic heterocycles. The van der Waals surface area contributed by atoms with Crippen LogP contribution < -0.4 is 24.4 Å². The first-order valence-corrected chi connectivity index (χ1v) is 14.3. The summed E-state index contributed by atoms with van der Waals surface area (Å²) < 4.78 is 18.9. The topological polar surface area (TPSA) is 94.9 Å². The Hall–Kier alpha value is -4.89. The summed E-state index contributed by atoms with van der Waals surface area (Å²) in [5.74, 6) is 0.500. The van der Waals surface area contributed by atoms with E-state index in [1.165, 1.54) is 11.3 Å². The molecule has 0 aliphatic carbocycles. The number of benzene rings is 3. The minimum atomic E-state index is -0.883. The number of carbonyl (C=O) groups is 1. The lowest BCUT2D eigenvalue weighted by atomic mass is 9.92. The predicted octanol–water partition coefficient (Wildman–Crippen LogP) is 4.74. The number of methoxy groups -OCH3 is 2. The molecule has 5 aromatic rings. The van der Waals surface area contributed by atoms with E-state index in [1.54, 1.807) is 43.9 Å². The van der Waals surface area contributed by atoms with E-state index in [2.05, 4.69) is 4.98 Å². The smallest absolute Gasteiger partial charge is 0.338 e. The third-order valence-corrected chi connectivity index (χ3v) is 8.31. The molecule has 0 saturated carbocycles. The Morgan fingerprint density at radius 2 is 1.81 bits per heavy atom. The monoisotopic (exact) mass is 579 g/mol. The van der Waals surface area contributed by atoms with Gasteiger partial charge in [-0.3, -0.25) is 9.36 Å².